The zero-order valence-corrected chi connectivity index (χ0v) is 15.7. The standard InChI is InChI=1S/C19H32N4O2/c1-4-21-19(22-12-5-6-15(2)3)23-13-11-16-7-9-17(10-8-16)25-14-18(20)24/h7-10,15H,4-6,11-14H2,1-3H3,(H2,20,24)(H2,21,22,23). The number of benzene rings is 1. The highest BCUT2D eigenvalue weighted by Gasteiger charge is 2.00. The zero-order valence-electron chi connectivity index (χ0n) is 15.7. The molecule has 0 heterocycles. The highest BCUT2D eigenvalue weighted by Crippen LogP contribution is 2.12. The number of nitrogens with one attached hydrogen (secondary N) is 2. The summed E-state index contributed by atoms with van der Waals surface area (Å²) in [6.07, 6.45) is 3.20. The van der Waals surface area contributed by atoms with E-state index in [0.717, 1.165) is 44.4 Å². The van der Waals surface area contributed by atoms with Crippen molar-refractivity contribution in [1.82, 2.24) is 10.6 Å². The van der Waals surface area contributed by atoms with Crippen LogP contribution in [0.2, 0.25) is 0 Å². The van der Waals surface area contributed by atoms with Gasteiger partial charge in [0.15, 0.2) is 12.6 Å². The van der Waals surface area contributed by atoms with Gasteiger partial charge in [-0.2, -0.15) is 0 Å². The molecule has 1 amide bonds. The second-order valence-electron chi connectivity index (χ2n) is 6.37. The number of ether oxygens (including phenoxy) is 1. The lowest BCUT2D eigenvalue weighted by molar-refractivity contribution is -0.119. The molecule has 1 aromatic rings. The van der Waals surface area contributed by atoms with Crippen molar-refractivity contribution in [2.45, 2.75) is 40.0 Å². The molecule has 1 aromatic carbocycles. The van der Waals surface area contributed by atoms with Crippen LogP contribution in [0.4, 0.5) is 0 Å². The molecule has 0 aromatic heterocycles. The van der Waals surface area contributed by atoms with Gasteiger partial charge in [0.05, 0.1) is 0 Å². The maximum atomic E-state index is 10.7. The number of carbonyl (C=O) groups excluding carboxylic acids is 1. The van der Waals surface area contributed by atoms with Crippen molar-refractivity contribution in [1.29, 1.82) is 0 Å². The van der Waals surface area contributed by atoms with E-state index in [-0.39, 0.29) is 6.61 Å². The van der Waals surface area contributed by atoms with E-state index >= 15 is 0 Å². The number of guanidine groups is 1. The molecule has 0 radical (unpaired) electrons. The lowest BCUT2D eigenvalue weighted by Gasteiger charge is -2.12. The number of hydrogen-bond acceptors (Lipinski definition) is 3. The van der Waals surface area contributed by atoms with Gasteiger partial charge in [0.25, 0.3) is 5.91 Å². The first-order chi connectivity index (χ1) is 12.0. The quantitative estimate of drug-likeness (QED) is 0.324. The maximum Gasteiger partial charge on any atom is 0.255 e. The van der Waals surface area contributed by atoms with E-state index in [9.17, 15) is 4.79 Å². The maximum absolute atomic E-state index is 10.7. The van der Waals surface area contributed by atoms with Gasteiger partial charge >= 0.3 is 0 Å². The van der Waals surface area contributed by atoms with Crippen LogP contribution in [0.5, 0.6) is 5.75 Å². The van der Waals surface area contributed by atoms with Crippen molar-refractivity contribution in [2.24, 2.45) is 16.6 Å². The molecule has 0 aliphatic heterocycles. The molecular formula is C19H32N4O2. The predicted molar refractivity (Wildman–Crippen MR) is 103 cm³/mol. The van der Waals surface area contributed by atoms with E-state index in [1.165, 1.54) is 12.0 Å². The molecule has 0 bridgehead atoms. The second-order valence-corrected chi connectivity index (χ2v) is 6.37. The molecule has 140 valence electrons. The Bertz CT molecular complexity index is 527. The summed E-state index contributed by atoms with van der Waals surface area (Å²) in [6, 6.07) is 7.68. The van der Waals surface area contributed by atoms with Crippen molar-refractivity contribution >= 4 is 11.9 Å². The number of nitrogens with zero attached hydrogens (tertiary/aromatic N) is 1. The predicted octanol–water partition coefficient (Wildman–Crippen LogP) is 2.08. The molecule has 0 spiro atoms. The number of hydrogen-bond donors (Lipinski definition) is 3. The van der Waals surface area contributed by atoms with E-state index < -0.39 is 5.91 Å². The molecule has 1 rings (SSSR count). The number of aliphatic imine (C=N–C) groups is 1. The van der Waals surface area contributed by atoms with E-state index in [4.69, 9.17) is 10.5 Å². The van der Waals surface area contributed by atoms with Crippen molar-refractivity contribution in [3.05, 3.63) is 29.8 Å². The summed E-state index contributed by atoms with van der Waals surface area (Å²) in [7, 11) is 0. The molecule has 6 nitrogen and oxygen atoms in total. The number of primary amides is 1. The largest absolute Gasteiger partial charge is 0.484 e. The summed E-state index contributed by atoms with van der Waals surface area (Å²) in [6.45, 7) is 8.93. The zero-order chi connectivity index (χ0) is 18.5. The van der Waals surface area contributed by atoms with Crippen LogP contribution in [0, 0.1) is 5.92 Å². The van der Waals surface area contributed by atoms with E-state index in [2.05, 4.69) is 36.4 Å². The molecule has 0 aliphatic rings. The molecule has 6 heteroatoms. The van der Waals surface area contributed by atoms with Crippen molar-refractivity contribution in [2.75, 3.05) is 26.2 Å². The number of rotatable bonds is 11. The SMILES string of the molecule is CCNC(=NCCCC(C)C)NCCc1ccc(OCC(N)=O)cc1. The van der Waals surface area contributed by atoms with E-state index in [1.54, 1.807) is 0 Å². The lowest BCUT2D eigenvalue weighted by atomic mass is 10.1. The average Bonchev–Trinajstić information content (AvgIpc) is 2.57. The Morgan fingerprint density at radius 3 is 2.56 bits per heavy atom. The second kappa shape index (κ2) is 12.2. The van der Waals surface area contributed by atoms with Crippen molar-refractivity contribution in [3.63, 3.8) is 0 Å². The van der Waals surface area contributed by atoms with Gasteiger partial charge in [-0.1, -0.05) is 26.0 Å². The molecule has 25 heavy (non-hydrogen) atoms. The number of nitrogens with two attached hydrogens (primary N) is 1. The highest BCUT2D eigenvalue weighted by molar-refractivity contribution is 5.79. The first kappa shape index (κ1) is 20.8. The average molecular weight is 348 g/mol. The Morgan fingerprint density at radius 2 is 1.96 bits per heavy atom. The molecule has 0 fully saturated rings. The fourth-order valence-corrected chi connectivity index (χ4v) is 2.26. The third-order valence-electron chi connectivity index (χ3n) is 3.56. The summed E-state index contributed by atoms with van der Waals surface area (Å²) in [5.74, 6) is 1.76. The molecule has 0 saturated heterocycles. The van der Waals surface area contributed by atoms with Crippen molar-refractivity contribution < 1.29 is 9.53 Å². The molecular weight excluding hydrogens is 316 g/mol. The van der Waals surface area contributed by atoms with Gasteiger partial charge in [-0.15, -0.1) is 0 Å². The van der Waals surface area contributed by atoms with Crippen LogP contribution in [-0.4, -0.2) is 38.1 Å². The van der Waals surface area contributed by atoms with Crippen LogP contribution in [0.15, 0.2) is 29.3 Å². The van der Waals surface area contributed by atoms with E-state index in [0.29, 0.717) is 5.75 Å². The molecule has 0 aliphatic carbocycles. The molecule has 0 saturated carbocycles. The Balaban J connectivity index is 2.36. The summed E-state index contributed by atoms with van der Waals surface area (Å²) in [5.41, 5.74) is 6.25. The van der Waals surface area contributed by atoms with Crippen molar-refractivity contribution in [3.8, 4) is 5.75 Å². The molecule has 4 N–H and O–H groups in total. The third kappa shape index (κ3) is 10.3. The van der Waals surface area contributed by atoms with Gasteiger partial charge in [-0.25, -0.2) is 0 Å². The van der Waals surface area contributed by atoms with Crippen LogP contribution in [0.3, 0.4) is 0 Å². The first-order valence-corrected chi connectivity index (χ1v) is 9.03. The van der Waals surface area contributed by atoms with Crippen LogP contribution in [0.25, 0.3) is 0 Å². The van der Waals surface area contributed by atoms with Gasteiger partial charge in [0.2, 0.25) is 0 Å². The Labute approximate surface area is 151 Å². The van der Waals surface area contributed by atoms with Crippen LogP contribution >= 0.6 is 0 Å². The lowest BCUT2D eigenvalue weighted by Crippen LogP contribution is -2.38. The van der Waals surface area contributed by atoms with Gasteiger partial charge in [-0.3, -0.25) is 9.79 Å². The first-order valence-electron chi connectivity index (χ1n) is 9.03. The summed E-state index contributed by atoms with van der Waals surface area (Å²) in [4.78, 5) is 15.3. The molecule has 0 atom stereocenters. The van der Waals surface area contributed by atoms with Crippen LogP contribution in [-0.2, 0) is 11.2 Å². The van der Waals surface area contributed by atoms with Crippen LogP contribution in [0.1, 0.15) is 39.2 Å². The highest BCUT2D eigenvalue weighted by atomic mass is 16.5. The number of carbonyl (C=O) groups is 1. The smallest absolute Gasteiger partial charge is 0.255 e. The minimum atomic E-state index is -0.475. The van der Waals surface area contributed by atoms with Gasteiger partial charge < -0.3 is 21.1 Å². The minimum Gasteiger partial charge on any atom is -0.484 e. The fraction of sp³-hybridized carbons (Fsp3) is 0.579. The Hall–Kier alpha value is -2.24. The summed E-state index contributed by atoms with van der Waals surface area (Å²) >= 11 is 0. The topological polar surface area (TPSA) is 88.7 Å². The Kier molecular flexibility index (Phi) is 10.1. The fourth-order valence-electron chi connectivity index (χ4n) is 2.26. The normalized spacial score (nSPS) is 11.4. The van der Waals surface area contributed by atoms with Gasteiger partial charge in [0, 0.05) is 19.6 Å². The van der Waals surface area contributed by atoms with Gasteiger partial charge in [-0.05, 0) is 49.8 Å². The van der Waals surface area contributed by atoms with Gasteiger partial charge in [0.1, 0.15) is 5.75 Å². The third-order valence-corrected chi connectivity index (χ3v) is 3.56. The Morgan fingerprint density at radius 1 is 1.24 bits per heavy atom. The minimum absolute atomic E-state index is 0.0970. The van der Waals surface area contributed by atoms with E-state index in [1.807, 2.05) is 24.3 Å². The monoisotopic (exact) mass is 348 g/mol. The summed E-state index contributed by atoms with van der Waals surface area (Å²) < 4.78 is 5.25. The van der Waals surface area contributed by atoms with Crippen LogP contribution < -0.4 is 21.1 Å². The number of amides is 1. The summed E-state index contributed by atoms with van der Waals surface area (Å²) in [5, 5.41) is 6.63. The molecule has 0 unspecified atom stereocenters.